The number of likely N-dealkylation sites (tertiary alicyclic amines) is 2. The highest BCUT2D eigenvalue weighted by Crippen LogP contribution is 2.39. The Morgan fingerprint density at radius 2 is 1.62 bits per heavy atom. The number of hydrogen-bond donors (Lipinski definition) is 2. The molecule has 3 aromatic carbocycles. The fraction of sp³-hybridized carbons (Fsp3) is 0.455. The molecular weight excluding hydrogens is 550 g/mol. The van der Waals surface area contributed by atoms with Crippen molar-refractivity contribution in [1.29, 1.82) is 0 Å². The van der Waals surface area contributed by atoms with Gasteiger partial charge in [0.05, 0.1) is 23.7 Å². The molecule has 3 aromatic rings. The summed E-state index contributed by atoms with van der Waals surface area (Å²) in [5, 5.41) is 9.53. The van der Waals surface area contributed by atoms with Gasteiger partial charge in [-0.25, -0.2) is 8.42 Å². The first-order chi connectivity index (χ1) is 20.5. The number of benzene rings is 3. The summed E-state index contributed by atoms with van der Waals surface area (Å²) in [4.78, 5) is 5.41. The van der Waals surface area contributed by atoms with Crippen LogP contribution in [-0.2, 0) is 26.1 Å². The van der Waals surface area contributed by atoms with Gasteiger partial charge in [-0.15, -0.1) is 0 Å². The zero-order valence-electron chi connectivity index (χ0n) is 24.0. The number of hydrogen-bond acceptors (Lipinski definition) is 7. The van der Waals surface area contributed by atoms with Gasteiger partial charge in [0, 0.05) is 36.8 Å². The normalized spacial score (nSPS) is 25.5. The highest BCUT2D eigenvalue weighted by atomic mass is 32.2. The highest BCUT2D eigenvalue weighted by molar-refractivity contribution is 7.92. The maximum Gasteiger partial charge on any atom is 0.261 e. The summed E-state index contributed by atoms with van der Waals surface area (Å²) >= 11 is 0. The van der Waals surface area contributed by atoms with Gasteiger partial charge in [0.1, 0.15) is 0 Å². The second-order valence-corrected chi connectivity index (χ2v) is 13.4. The fourth-order valence-corrected chi connectivity index (χ4v) is 7.53. The lowest BCUT2D eigenvalue weighted by atomic mass is 9.99. The Hall–Kier alpha value is -2.79. The van der Waals surface area contributed by atoms with E-state index < -0.39 is 16.3 Å². The number of aliphatic hydroxyl groups is 1. The van der Waals surface area contributed by atoms with Gasteiger partial charge in [-0.2, -0.15) is 0 Å². The Morgan fingerprint density at radius 3 is 2.38 bits per heavy atom. The van der Waals surface area contributed by atoms with E-state index in [4.69, 9.17) is 9.47 Å². The van der Waals surface area contributed by atoms with E-state index in [9.17, 15) is 13.5 Å². The third-order valence-corrected chi connectivity index (χ3v) is 10.1. The maximum atomic E-state index is 13.0. The molecule has 3 fully saturated rings. The van der Waals surface area contributed by atoms with Gasteiger partial charge < -0.3 is 19.5 Å². The van der Waals surface area contributed by atoms with Crippen molar-refractivity contribution in [2.45, 2.75) is 68.1 Å². The van der Waals surface area contributed by atoms with E-state index >= 15 is 0 Å². The van der Waals surface area contributed by atoms with Crippen LogP contribution in [0.15, 0.2) is 83.8 Å². The Balaban J connectivity index is 1.21. The molecule has 3 aliphatic heterocycles. The molecule has 0 radical (unpaired) electrons. The van der Waals surface area contributed by atoms with Gasteiger partial charge in [0.2, 0.25) is 0 Å². The van der Waals surface area contributed by atoms with Crippen LogP contribution in [0.1, 0.15) is 61.2 Å². The predicted molar refractivity (Wildman–Crippen MR) is 162 cm³/mol. The molecule has 0 spiro atoms. The molecule has 4 unspecified atom stereocenters. The number of aliphatic hydroxyl groups excluding tert-OH is 1. The second-order valence-electron chi connectivity index (χ2n) is 11.7. The Kier molecular flexibility index (Phi) is 9.23. The lowest BCUT2D eigenvalue weighted by Crippen LogP contribution is -2.45. The van der Waals surface area contributed by atoms with Crippen LogP contribution in [0.5, 0.6) is 0 Å². The van der Waals surface area contributed by atoms with Crippen molar-refractivity contribution in [3.8, 4) is 0 Å². The van der Waals surface area contributed by atoms with Crippen molar-refractivity contribution < 1.29 is 23.0 Å². The molecule has 9 heteroatoms. The third kappa shape index (κ3) is 7.05. The second kappa shape index (κ2) is 13.2. The van der Waals surface area contributed by atoms with Crippen molar-refractivity contribution in [3.05, 3.63) is 95.6 Å². The van der Waals surface area contributed by atoms with Gasteiger partial charge in [0.25, 0.3) is 10.0 Å². The highest BCUT2D eigenvalue weighted by Gasteiger charge is 2.36. The smallest absolute Gasteiger partial charge is 0.261 e. The van der Waals surface area contributed by atoms with Crippen LogP contribution in [0.3, 0.4) is 0 Å². The summed E-state index contributed by atoms with van der Waals surface area (Å²) in [6.07, 6.45) is 4.87. The van der Waals surface area contributed by atoms with Crippen molar-refractivity contribution >= 4 is 15.7 Å². The quantitative estimate of drug-likeness (QED) is 0.340. The van der Waals surface area contributed by atoms with Crippen molar-refractivity contribution in [2.24, 2.45) is 0 Å². The van der Waals surface area contributed by atoms with E-state index in [0.29, 0.717) is 11.7 Å². The molecule has 2 N–H and O–H groups in total. The van der Waals surface area contributed by atoms with Gasteiger partial charge in [-0.3, -0.25) is 9.62 Å². The first-order valence-corrected chi connectivity index (χ1v) is 16.6. The van der Waals surface area contributed by atoms with E-state index in [1.807, 2.05) is 36.4 Å². The average molecular weight is 592 g/mol. The van der Waals surface area contributed by atoms with Crippen LogP contribution in [0.4, 0.5) is 5.69 Å². The molecule has 0 aromatic heterocycles. The van der Waals surface area contributed by atoms with Crippen molar-refractivity contribution in [1.82, 2.24) is 9.80 Å². The molecule has 4 atom stereocenters. The topological polar surface area (TPSA) is 91.3 Å². The fourth-order valence-electron chi connectivity index (χ4n) is 6.46. The molecule has 0 amide bonds. The standard InChI is InChI=1S/C33H41N3O5S/c37-24-25-13-15-26(16-14-25)32-21-30(23-36-19-7-10-29(36)22-35-17-4-5-18-35)40-33(41-32)27-8-6-9-28(20-27)34-42(38,39)31-11-2-1-3-12-31/h1-3,6,8-9,11-16,20,29-30,32-34,37H,4-5,7,10,17-19,21-24H2. The lowest BCUT2D eigenvalue weighted by molar-refractivity contribution is -0.253. The van der Waals surface area contributed by atoms with Crippen LogP contribution in [-0.4, -0.2) is 68.2 Å². The number of nitrogens with zero attached hydrogens (tertiary/aromatic N) is 2. The maximum absolute atomic E-state index is 13.0. The molecular formula is C33H41N3O5S. The molecule has 0 saturated carbocycles. The molecule has 3 heterocycles. The van der Waals surface area contributed by atoms with Gasteiger partial charge >= 0.3 is 0 Å². The summed E-state index contributed by atoms with van der Waals surface area (Å²) < 4.78 is 41.8. The van der Waals surface area contributed by atoms with Crippen molar-refractivity contribution in [2.75, 3.05) is 37.4 Å². The van der Waals surface area contributed by atoms with Crippen LogP contribution in [0, 0.1) is 0 Å². The zero-order valence-corrected chi connectivity index (χ0v) is 24.8. The summed E-state index contributed by atoms with van der Waals surface area (Å²) in [6.45, 7) is 5.45. The number of anilines is 1. The Labute approximate surface area is 249 Å². The van der Waals surface area contributed by atoms with Gasteiger partial charge in [-0.05, 0) is 80.7 Å². The van der Waals surface area contributed by atoms with E-state index in [1.54, 1.807) is 42.5 Å². The van der Waals surface area contributed by atoms with E-state index in [0.717, 1.165) is 42.7 Å². The van der Waals surface area contributed by atoms with E-state index in [-0.39, 0.29) is 23.7 Å². The SMILES string of the molecule is O=S(=O)(Nc1cccc(C2OC(CN3CCCC3CN3CCCC3)CC(c3ccc(CO)cc3)O2)c1)c1ccccc1. The monoisotopic (exact) mass is 591 g/mol. The van der Waals surface area contributed by atoms with Crippen LogP contribution in [0.25, 0.3) is 0 Å². The number of sulfonamides is 1. The van der Waals surface area contributed by atoms with Gasteiger partial charge in [-0.1, -0.05) is 54.6 Å². The molecule has 8 nitrogen and oxygen atoms in total. The molecule has 0 bridgehead atoms. The molecule has 3 saturated heterocycles. The molecule has 224 valence electrons. The predicted octanol–water partition coefficient (Wildman–Crippen LogP) is 5.09. The lowest BCUT2D eigenvalue weighted by Gasteiger charge is -2.39. The minimum absolute atomic E-state index is 0.000781. The summed E-state index contributed by atoms with van der Waals surface area (Å²) in [7, 11) is -3.73. The minimum atomic E-state index is -3.73. The Bertz CT molecular complexity index is 1410. The first-order valence-electron chi connectivity index (χ1n) is 15.1. The largest absolute Gasteiger partial charge is 0.392 e. The summed E-state index contributed by atoms with van der Waals surface area (Å²) in [5.41, 5.74) is 3.13. The van der Waals surface area contributed by atoms with Crippen LogP contribution < -0.4 is 4.72 Å². The number of nitrogens with one attached hydrogen (secondary N) is 1. The summed E-state index contributed by atoms with van der Waals surface area (Å²) in [6, 6.07) is 24.1. The number of rotatable bonds is 10. The molecule has 3 aliphatic rings. The Morgan fingerprint density at radius 1 is 0.833 bits per heavy atom. The van der Waals surface area contributed by atoms with Crippen molar-refractivity contribution in [3.63, 3.8) is 0 Å². The molecule has 42 heavy (non-hydrogen) atoms. The van der Waals surface area contributed by atoms with Crippen LogP contribution in [0.2, 0.25) is 0 Å². The molecule has 0 aliphatic carbocycles. The first kappa shape index (κ1) is 29.3. The van der Waals surface area contributed by atoms with E-state index in [2.05, 4.69) is 14.5 Å². The summed E-state index contributed by atoms with van der Waals surface area (Å²) in [5.74, 6) is 0. The number of ether oxygens (including phenoxy) is 2. The average Bonchev–Trinajstić information content (AvgIpc) is 3.70. The zero-order chi connectivity index (χ0) is 28.9. The van der Waals surface area contributed by atoms with Crippen LogP contribution >= 0.6 is 0 Å². The minimum Gasteiger partial charge on any atom is -0.392 e. The van der Waals surface area contributed by atoms with Gasteiger partial charge in [0.15, 0.2) is 6.29 Å². The third-order valence-electron chi connectivity index (χ3n) is 8.68. The van der Waals surface area contributed by atoms with E-state index in [1.165, 1.54) is 38.8 Å². The molecule has 6 rings (SSSR count).